The van der Waals surface area contributed by atoms with Crippen molar-refractivity contribution in [2.24, 2.45) is 14.1 Å². The Hall–Kier alpha value is -3.60. The summed E-state index contributed by atoms with van der Waals surface area (Å²) in [7, 11) is 2.87. The number of aromatic nitrogens is 5. The van der Waals surface area contributed by atoms with Crippen LogP contribution in [-0.4, -0.2) is 30.2 Å². The van der Waals surface area contributed by atoms with Crippen LogP contribution in [0.4, 0.5) is 9.52 Å². The number of nitrogens with one attached hydrogen (secondary N) is 2. The van der Waals surface area contributed by atoms with E-state index in [1.165, 1.54) is 42.1 Å². The molecule has 0 unspecified atom stereocenters. The van der Waals surface area contributed by atoms with Crippen LogP contribution in [0.1, 0.15) is 5.69 Å². The van der Waals surface area contributed by atoms with Crippen molar-refractivity contribution < 1.29 is 9.18 Å². The van der Waals surface area contributed by atoms with Gasteiger partial charge in [-0.25, -0.2) is 14.2 Å². The molecule has 29 heavy (non-hydrogen) atoms. The van der Waals surface area contributed by atoms with Crippen molar-refractivity contribution in [1.29, 1.82) is 0 Å². The summed E-state index contributed by atoms with van der Waals surface area (Å²) >= 11 is 1.23. The zero-order chi connectivity index (χ0) is 20.7. The van der Waals surface area contributed by atoms with Crippen LogP contribution in [-0.2, 0) is 25.3 Å². The van der Waals surface area contributed by atoms with Crippen molar-refractivity contribution in [1.82, 2.24) is 24.3 Å². The number of carbonyl (C=O) groups excluding carboxylic acids is 1. The minimum atomic E-state index is -0.521. The number of hydrogen-bond acceptors (Lipinski definition) is 6. The molecule has 2 N–H and O–H groups in total. The van der Waals surface area contributed by atoms with Gasteiger partial charge < -0.3 is 5.32 Å². The lowest BCUT2D eigenvalue weighted by Crippen LogP contribution is -2.37. The first kappa shape index (κ1) is 18.7. The third-order valence-electron chi connectivity index (χ3n) is 4.46. The van der Waals surface area contributed by atoms with Crippen molar-refractivity contribution in [3.8, 4) is 11.3 Å². The number of H-pyrrole nitrogens is 1. The van der Waals surface area contributed by atoms with Gasteiger partial charge in [0.25, 0.3) is 5.56 Å². The third-order valence-corrected chi connectivity index (χ3v) is 5.22. The highest BCUT2D eigenvalue weighted by Crippen LogP contribution is 2.25. The molecule has 0 saturated carbocycles. The van der Waals surface area contributed by atoms with Crippen molar-refractivity contribution in [2.45, 2.75) is 6.42 Å². The molecule has 3 aromatic heterocycles. The van der Waals surface area contributed by atoms with E-state index in [1.807, 2.05) is 0 Å². The lowest BCUT2D eigenvalue weighted by Gasteiger charge is -2.03. The van der Waals surface area contributed by atoms with Gasteiger partial charge in [0.05, 0.1) is 17.8 Å². The van der Waals surface area contributed by atoms with Gasteiger partial charge in [0.15, 0.2) is 10.8 Å². The van der Waals surface area contributed by atoms with Gasteiger partial charge in [-0.3, -0.25) is 23.8 Å². The molecule has 0 atom stereocenters. The number of rotatable bonds is 4. The maximum atomic E-state index is 13.0. The van der Waals surface area contributed by atoms with Crippen molar-refractivity contribution >= 4 is 33.4 Å². The van der Waals surface area contributed by atoms with Crippen LogP contribution < -0.4 is 16.6 Å². The topological polar surface area (TPSA) is 115 Å². The summed E-state index contributed by atoms with van der Waals surface area (Å²) in [6, 6.07) is 5.88. The van der Waals surface area contributed by atoms with E-state index < -0.39 is 17.2 Å². The fraction of sp³-hybridized carbons (Fsp3) is 0.167. The monoisotopic (exact) mass is 414 g/mol. The van der Waals surface area contributed by atoms with Crippen LogP contribution >= 0.6 is 11.3 Å². The lowest BCUT2D eigenvalue weighted by atomic mass is 10.2. The molecule has 11 heteroatoms. The molecule has 9 nitrogen and oxygen atoms in total. The van der Waals surface area contributed by atoms with E-state index in [0.717, 1.165) is 10.1 Å². The molecule has 1 aromatic carbocycles. The van der Waals surface area contributed by atoms with Gasteiger partial charge in [-0.05, 0) is 24.3 Å². The van der Waals surface area contributed by atoms with Gasteiger partial charge in [0.2, 0.25) is 5.91 Å². The summed E-state index contributed by atoms with van der Waals surface area (Å²) in [6.07, 6.45) is -0.143. The number of benzene rings is 1. The second kappa shape index (κ2) is 7.09. The molecule has 1 amide bonds. The molecule has 0 aliphatic heterocycles. The number of thiazole rings is 1. The lowest BCUT2D eigenvalue weighted by molar-refractivity contribution is -0.115. The molecular formula is C18H15FN6O3S. The molecule has 0 bridgehead atoms. The van der Waals surface area contributed by atoms with E-state index >= 15 is 0 Å². The molecule has 0 fully saturated rings. The van der Waals surface area contributed by atoms with E-state index in [1.54, 1.807) is 17.5 Å². The second-order valence-corrected chi connectivity index (χ2v) is 7.23. The summed E-state index contributed by atoms with van der Waals surface area (Å²) in [5.41, 5.74) is 0.819. The zero-order valence-electron chi connectivity index (χ0n) is 15.4. The van der Waals surface area contributed by atoms with Crippen LogP contribution in [0.5, 0.6) is 0 Å². The summed E-state index contributed by atoms with van der Waals surface area (Å²) < 4.78 is 15.3. The highest BCUT2D eigenvalue weighted by molar-refractivity contribution is 7.14. The summed E-state index contributed by atoms with van der Waals surface area (Å²) in [5.74, 6) is -0.737. The smallest absolute Gasteiger partial charge is 0.302 e. The van der Waals surface area contributed by atoms with Crippen LogP contribution in [0, 0.1) is 5.82 Å². The predicted octanol–water partition coefficient (Wildman–Crippen LogP) is 1.40. The Morgan fingerprint density at radius 3 is 2.66 bits per heavy atom. The zero-order valence-corrected chi connectivity index (χ0v) is 16.2. The quantitative estimate of drug-likeness (QED) is 0.524. The molecule has 148 valence electrons. The Labute approximate surface area is 166 Å². The van der Waals surface area contributed by atoms with Gasteiger partial charge >= 0.3 is 5.69 Å². The number of nitrogens with zero attached hydrogens (tertiary/aromatic N) is 4. The van der Waals surface area contributed by atoms with E-state index in [-0.39, 0.29) is 23.3 Å². The minimum Gasteiger partial charge on any atom is -0.302 e. The largest absolute Gasteiger partial charge is 0.332 e. The highest BCUT2D eigenvalue weighted by atomic mass is 32.1. The van der Waals surface area contributed by atoms with Gasteiger partial charge in [-0.15, -0.1) is 11.3 Å². The maximum absolute atomic E-state index is 13.0. The average molecular weight is 414 g/mol. The maximum Gasteiger partial charge on any atom is 0.332 e. The number of anilines is 1. The number of amides is 1. The number of fused-ring (bicyclic) bond motifs is 1. The first-order chi connectivity index (χ1) is 13.8. The number of halogens is 1. The van der Waals surface area contributed by atoms with Gasteiger partial charge in [0, 0.05) is 25.0 Å². The Morgan fingerprint density at radius 2 is 1.93 bits per heavy atom. The summed E-state index contributed by atoms with van der Waals surface area (Å²) in [5, 5.41) is 11.6. The van der Waals surface area contributed by atoms with Crippen LogP contribution in [0.2, 0.25) is 0 Å². The Bertz CT molecular complexity index is 1350. The third kappa shape index (κ3) is 3.36. The van der Waals surface area contributed by atoms with Crippen molar-refractivity contribution in [2.75, 3.05) is 5.32 Å². The van der Waals surface area contributed by atoms with E-state index in [4.69, 9.17) is 0 Å². The molecule has 0 saturated heterocycles. The fourth-order valence-corrected chi connectivity index (χ4v) is 3.68. The number of hydrogen-bond donors (Lipinski definition) is 2. The summed E-state index contributed by atoms with van der Waals surface area (Å²) in [4.78, 5) is 41.2. The summed E-state index contributed by atoms with van der Waals surface area (Å²) in [6.45, 7) is 0. The van der Waals surface area contributed by atoms with E-state index in [2.05, 4.69) is 20.5 Å². The highest BCUT2D eigenvalue weighted by Gasteiger charge is 2.18. The average Bonchev–Trinajstić information content (AvgIpc) is 3.32. The number of aromatic amines is 1. The first-order valence-corrected chi connectivity index (χ1v) is 9.37. The van der Waals surface area contributed by atoms with E-state index in [9.17, 15) is 18.8 Å². The van der Waals surface area contributed by atoms with Crippen LogP contribution in [0.25, 0.3) is 22.3 Å². The standard InChI is InChI=1S/C18H15FN6O3S/c1-24-15-14(16(27)25(2)18(24)28)11(22-23-15)7-13(26)21-17-20-12(8-29-17)9-3-5-10(19)6-4-9/h3-6,8H,7H2,1-2H3,(H,22,23)(H,20,21,26). The second-order valence-electron chi connectivity index (χ2n) is 6.38. The fourth-order valence-electron chi connectivity index (χ4n) is 2.94. The van der Waals surface area contributed by atoms with Crippen molar-refractivity contribution in [3.05, 3.63) is 62.0 Å². The Morgan fingerprint density at radius 1 is 1.21 bits per heavy atom. The van der Waals surface area contributed by atoms with Crippen LogP contribution in [0.3, 0.4) is 0 Å². The molecule has 0 spiro atoms. The van der Waals surface area contributed by atoms with Gasteiger partial charge in [-0.2, -0.15) is 5.10 Å². The molecule has 0 aliphatic carbocycles. The number of carbonyl (C=O) groups is 1. The van der Waals surface area contributed by atoms with Gasteiger partial charge in [-0.1, -0.05) is 0 Å². The Kier molecular flexibility index (Phi) is 4.59. The van der Waals surface area contributed by atoms with Gasteiger partial charge in [0.1, 0.15) is 11.2 Å². The minimum absolute atomic E-state index is 0.143. The first-order valence-electron chi connectivity index (χ1n) is 8.49. The molecule has 0 aliphatic rings. The van der Waals surface area contributed by atoms with E-state index in [0.29, 0.717) is 16.5 Å². The molecule has 4 rings (SSSR count). The molecule has 3 heterocycles. The molecule has 0 radical (unpaired) electrons. The molecular weight excluding hydrogens is 399 g/mol. The predicted molar refractivity (Wildman–Crippen MR) is 106 cm³/mol. The SMILES string of the molecule is Cn1c(=O)c2c(CC(=O)Nc3nc(-c4ccc(F)cc4)cs3)[nH]nc2n(C)c1=O. The molecule has 4 aromatic rings. The van der Waals surface area contributed by atoms with Crippen LogP contribution in [0.15, 0.2) is 39.2 Å². The Balaban J connectivity index is 1.56. The number of aryl methyl sites for hydroxylation is 1. The van der Waals surface area contributed by atoms with Crippen molar-refractivity contribution in [3.63, 3.8) is 0 Å². The normalized spacial score (nSPS) is 11.1.